The number of amides is 3. The van der Waals surface area contributed by atoms with Gasteiger partial charge < -0.3 is 15.4 Å². The number of aliphatic imine (C=N–C) groups is 1. The molecule has 6 heterocycles. The van der Waals surface area contributed by atoms with E-state index in [1.807, 2.05) is 24.3 Å². The molecule has 3 aromatic rings. The fraction of sp³-hybridized carbons (Fsp3) is 0.321. The molecule has 7 rings (SSSR count). The second kappa shape index (κ2) is 8.77. The predicted molar refractivity (Wildman–Crippen MR) is 140 cm³/mol. The van der Waals surface area contributed by atoms with E-state index in [4.69, 9.17) is 9.73 Å². The van der Waals surface area contributed by atoms with Crippen LogP contribution in [-0.4, -0.2) is 68.7 Å². The van der Waals surface area contributed by atoms with Gasteiger partial charge in [-0.25, -0.2) is 15.0 Å². The summed E-state index contributed by atoms with van der Waals surface area (Å²) in [5, 5.41) is 5.73. The van der Waals surface area contributed by atoms with E-state index in [1.165, 1.54) is 4.90 Å². The van der Waals surface area contributed by atoms with Crippen molar-refractivity contribution in [1.82, 2.24) is 19.9 Å². The zero-order chi connectivity index (χ0) is 26.6. The van der Waals surface area contributed by atoms with E-state index in [1.54, 1.807) is 30.7 Å². The number of anilines is 2. The second-order valence-electron chi connectivity index (χ2n) is 10.4. The normalized spacial score (nSPS) is 22.6. The number of nitrogens with zero attached hydrogens (tertiary/aromatic N) is 5. The highest BCUT2D eigenvalue weighted by molar-refractivity contribution is 6.16. The Labute approximate surface area is 223 Å². The minimum absolute atomic E-state index is 0.0751. The van der Waals surface area contributed by atoms with E-state index < -0.39 is 16.9 Å². The zero-order valence-electron chi connectivity index (χ0n) is 21.0. The van der Waals surface area contributed by atoms with Gasteiger partial charge in [0.15, 0.2) is 5.84 Å². The lowest BCUT2D eigenvalue weighted by atomic mass is 9.79. The van der Waals surface area contributed by atoms with E-state index >= 15 is 0 Å². The Hall–Kier alpha value is -4.51. The molecule has 3 amide bonds. The fourth-order valence-corrected chi connectivity index (χ4v) is 6.08. The number of hydrogen-bond donors (Lipinski definition) is 2. The molecule has 1 saturated heterocycles. The van der Waals surface area contributed by atoms with Gasteiger partial charge in [0, 0.05) is 50.2 Å². The van der Waals surface area contributed by atoms with Gasteiger partial charge >= 0.3 is 0 Å². The number of pyridine rings is 3. The molecule has 1 fully saturated rings. The number of aromatic nitrogens is 3. The minimum Gasteiger partial charge on any atom is -0.381 e. The summed E-state index contributed by atoms with van der Waals surface area (Å²) in [4.78, 5) is 59.1. The highest BCUT2D eigenvalue weighted by Crippen LogP contribution is 2.46. The fourth-order valence-electron chi connectivity index (χ4n) is 6.08. The molecule has 3 aliphatic heterocycles. The number of carbonyl (C=O) groups excluding carboxylic acids is 3. The van der Waals surface area contributed by atoms with Crippen LogP contribution >= 0.6 is 0 Å². The first-order chi connectivity index (χ1) is 19.0. The Morgan fingerprint density at radius 3 is 2.67 bits per heavy atom. The van der Waals surface area contributed by atoms with Gasteiger partial charge in [-0.1, -0.05) is 12.1 Å². The molecule has 0 radical (unpaired) electrons. The molecule has 4 aliphatic rings. The van der Waals surface area contributed by atoms with Crippen molar-refractivity contribution in [3.8, 4) is 0 Å². The smallest absolute Gasteiger partial charge is 0.256 e. The topological polar surface area (TPSA) is 139 Å². The third-order valence-corrected chi connectivity index (χ3v) is 8.06. The quantitative estimate of drug-likeness (QED) is 0.530. The monoisotopic (exact) mass is 523 g/mol. The third-order valence-electron chi connectivity index (χ3n) is 8.06. The minimum atomic E-state index is -0.932. The van der Waals surface area contributed by atoms with E-state index in [0.29, 0.717) is 62.1 Å². The van der Waals surface area contributed by atoms with Gasteiger partial charge in [0.05, 0.1) is 5.41 Å². The Balaban J connectivity index is 1.11. The Morgan fingerprint density at radius 2 is 1.85 bits per heavy atom. The molecule has 0 saturated carbocycles. The van der Waals surface area contributed by atoms with Crippen LogP contribution < -0.4 is 10.6 Å². The summed E-state index contributed by atoms with van der Waals surface area (Å²) in [7, 11) is 0. The molecule has 1 atom stereocenters. The number of ether oxygens (including phenoxy) is 1. The van der Waals surface area contributed by atoms with Crippen LogP contribution in [0.15, 0.2) is 60.0 Å². The molecule has 0 unspecified atom stereocenters. The maximum Gasteiger partial charge on any atom is 0.256 e. The first-order valence-electron chi connectivity index (χ1n) is 12.9. The Kier molecular flexibility index (Phi) is 5.31. The standard InChI is InChI=1S/C28H25N7O4/c36-22(16-35-24(20-5-1-2-8-29-20)34-28(26(35)38)6-10-39-11-7-28)32-21-12-17-13-27(14-18(17)15-31-21)19-4-3-9-30-23(19)33-25(27)37/h1-5,8-9,12,15H,6-7,10-11,13-14,16H2,(H,30,33,37)(H,31,32,36)/t27-/m0/s1. The Morgan fingerprint density at radius 1 is 1.03 bits per heavy atom. The van der Waals surface area contributed by atoms with Crippen LogP contribution in [-0.2, 0) is 37.4 Å². The lowest BCUT2D eigenvalue weighted by Gasteiger charge is -2.29. The highest BCUT2D eigenvalue weighted by Gasteiger charge is 2.52. The van der Waals surface area contributed by atoms with Crippen LogP contribution in [0.5, 0.6) is 0 Å². The van der Waals surface area contributed by atoms with Crippen LogP contribution in [0.1, 0.15) is 35.2 Å². The molecule has 196 valence electrons. The summed E-state index contributed by atoms with van der Waals surface area (Å²) in [5.41, 5.74) is 1.67. The summed E-state index contributed by atoms with van der Waals surface area (Å²) >= 11 is 0. The van der Waals surface area contributed by atoms with Crippen molar-refractivity contribution in [2.45, 2.75) is 36.6 Å². The molecule has 2 spiro atoms. The van der Waals surface area contributed by atoms with Crippen molar-refractivity contribution < 1.29 is 19.1 Å². The van der Waals surface area contributed by atoms with Gasteiger partial charge in [-0.3, -0.25) is 24.3 Å². The number of rotatable bonds is 4. The molecular weight excluding hydrogens is 498 g/mol. The van der Waals surface area contributed by atoms with E-state index in [9.17, 15) is 14.4 Å². The molecule has 11 nitrogen and oxygen atoms in total. The van der Waals surface area contributed by atoms with Crippen LogP contribution in [0, 0.1) is 0 Å². The molecular formula is C28H25N7O4. The molecule has 2 N–H and O–H groups in total. The summed E-state index contributed by atoms with van der Waals surface area (Å²) in [6, 6.07) is 11.0. The molecule has 39 heavy (non-hydrogen) atoms. The van der Waals surface area contributed by atoms with Crippen LogP contribution in [0.2, 0.25) is 0 Å². The molecule has 3 aromatic heterocycles. The van der Waals surface area contributed by atoms with Crippen molar-refractivity contribution in [3.05, 3.63) is 77.4 Å². The summed E-state index contributed by atoms with van der Waals surface area (Å²) in [5.74, 6) is 0.661. The lowest BCUT2D eigenvalue weighted by Crippen LogP contribution is -2.48. The van der Waals surface area contributed by atoms with Gasteiger partial charge in [-0.15, -0.1) is 0 Å². The maximum absolute atomic E-state index is 13.6. The first-order valence-corrected chi connectivity index (χ1v) is 12.9. The second-order valence-corrected chi connectivity index (χ2v) is 10.4. The number of carbonyl (C=O) groups is 3. The van der Waals surface area contributed by atoms with Gasteiger partial charge in [0.2, 0.25) is 11.8 Å². The van der Waals surface area contributed by atoms with Crippen molar-refractivity contribution >= 4 is 35.2 Å². The summed E-state index contributed by atoms with van der Waals surface area (Å²) < 4.78 is 5.47. The Bertz CT molecular complexity index is 1550. The largest absolute Gasteiger partial charge is 0.381 e. The van der Waals surface area contributed by atoms with Gasteiger partial charge in [-0.05, 0) is 48.2 Å². The van der Waals surface area contributed by atoms with E-state index in [2.05, 4.69) is 25.6 Å². The molecule has 0 aromatic carbocycles. The SMILES string of the molecule is O=C(CN1C(=O)C2(CCOCC2)N=C1c1ccccn1)Nc1cc2c(cn1)C[C@]1(C2)C(=O)Nc2ncccc21. The molecule has 0 bridgehead atoms. The summed E-state index contributed by atoms with van der Waals surface area (Å²) in [6.45, 7) is 0.648. The zero-order valence-corrected chi connectivity index (χ0v) is 21.0. The van der Waals surface area contributed by atoms with Gasteiger partial charge in [0.25, 0.3) is 5.91 Å². The molecule has 1 aliphatic carbocycles. The van der Waals surface area contributed by atoms with E-state index in [0.717, 1.165) is 16.7 Å². The summed E-state index contributed by atoms with van der Waals surface area (Å²) in [6.07, 6.45) is 6.93. The number of fused-ring (bicyclic) bond motifs is 3. The van der Waals surface area contributed by atoms with Crippen molar-refractivity contribution in [2.75, 3.05) is 30.4 Å². The van der Waals surface area contributed by atoms with Crippen LogP contribution in [0.4, 0.5) is 11.6 Å². The number of amidine groups is 1. The first kappa shape index (κ1) is 23.6. The molecule has 11 heteroatoms. The van der Waals surface area contributed by atoms with Crippen LogP contribution in [0.3, 0.4) is 0 Å². The van der Waals surface area contributed by atoms with Gasteiger partial charge in [-0.2, -0.15) is 0 Å². The van der Waals surface area contributed by atoms with Crippen molar-refractivity contribution in [3.63, 3.8) is 0 Å². The number of hydrogen-bond acceptors (Lipinski definition) is 8. The van der Waals surface area contributed by atoms with Gasteiger partial charge in [0.1, 0.15) is 29.4 Å². The van der Waals surface area contributed by atoms with Crippen molar-refractivity contribution in [2.24, 2.45) is 4.99 Å². The lowest BCUT2D eigenvalue weighted by molar-refractivity contribution is -0.136. The average Bonchev–Trinajstić information content (AvgIpc) is 3.56. The van der Waals surface area contributed by atoms with Crippen molar-refractivity contribution in [1.29, 1.82) is 0 Å². The average molecular weight is 524 g/mol. The third kappa shape index (κ3) is 3.72. The van der Waals surface area contributed by atoms with E-state index in [-0.39, 0.29) is 18.4 Å². The van der Waals surface area contributed by atoms with Crippen LogP contribution in [0.25, 0.3) is 0 Å². The predicted octanol–water partition coefficient (Wildman–Crippen LogP) is 1.64. The highest BCUT2D eigenvalue weighted by atomic mass is 16.5. The number of nitrogens with one attached hydrogen (secondary N) is 2. The maximum atomic E-state index is 13.6.